The predicted octanol–water partition coefficient (Wildman–Crippen LogP) is 3.22. The van der Waals surface area contributed by atoms with Crippen LogP contribution in [0.3, 0.4) is 0 Å². The first-order valence-corrected chi connectivity index (χ1v) is 8.93. The number of nitrogens with zero attached hydrogens (tertiary/aromatic N) is 2. The fraction of sp³-hybridized carbons (Fsp3) is 0.353. The molecule has 2 heterocycles. The van der Waals surface area contributed by atoms with E-state index in [-0.39, 0.29) is 6.04 Å². The minimum atomic E-state index is -3.46. The summed E-state index contributed by atoms with van der Waals surface area (Å²) >= 11 is 0. The SMILES string of the molecule is Cc1ccc(S(=O)(=O)N2CCCC2c2ccncc2)cc1C. The summed E-state index contributed by atoms with van der Waals surface area (Å²) in [4.78, 5) is 4.40. The number of rotatable bonds is 3. The van der Waals surface area contributed by atoms with Crippen molar-refractivity contribution in [3.05, 3.63) is 59.4 Å². The lowest BCUT2D eigenvalue weighted by Crippen LogP contribution is -2.30. The summed E-state index contributed by atoms with van der Waals surface area (Å²) in [5.41, 5.74) is 3.12. The zero-order valence-electron chi connectivity index (χ0n) is 12.9. The lowest BCUT2D eigenvalue weighted by atomic mass is 10.1. The maximum Gasteiger partial charge on any atom is 0.243 e. The number of benzene rings is 1. The van der Waals surface area contributed by atoms with Crippen molar-refractivity contribution in [1.82, 2.24) is 9.29 Å². The molecule has 1 aromatic heterocycles. The smallest absolute Gasteiger partial charge is 0.243 e. The maximum atomic E-state index is 13.0. The average Bonchev–Trinajstić information content (AvgIpc) is 3.01. The quantitative estimate of drug-likeness (QED) is 0.873. The van der Waals surface area contributed by atoms with Gasteiger partial charge in [-0.25, -0.2) is 8.42 Å². The molecule has 2 aromatic rings. The Morgan fingerprint density at radius 2 is 1.82 bits per heavy atom. The Kier molecular flexibility index (Phi) is 4.02. The summed E-state index contributed by atoms with van der Waals surface area (Å²) in [6.45, 7) is 4.50. The molecule has 0 radical (unpaired) electrons. The molecule has 1 unspecified atom stereocenters. The first kappa shape index (κ1) is 15.2. The van der Waals surface area contributed by atoms with Gasteiger partial charge in [-0.3, -0.25) is 4.98 Å². The summed E-state index contributed by atoms with van der Waals surface area (Å²) in [5.74, 6) is 0. The van der Waals surface area contributed by atoms with Crippen LogP contribution in [0.25, 0.3) is 0 Å². The molecule has 4 nitrogen and oxygen atoms in total. The van der Waals surface area contributed by atoms with E-state index < -0.39 is 10.0 Å². The Hall–Kier alpha value is -1.72. The van der Waals surface area contributed by atoms with Gasteiger partial charge in [-0.1, -0.05) is 6.07 Å². The third kappa shape index (κ3) is 2.66. The summed E-state index contributed by atoms with van der Waals surface area (Å²) in [7, 11) is -3.46. The first-order valence-electron chi connectivity index (χ1n) is 7.49. The predicted molar refractivity (Wildman–Crippen MR) is 86.0 cm³/mol. The zero-order valence-corrected chi connectivity index (χ0v) is 13.7. The Morgan fingerprint density at radius 3 is 2.50 bits per heavy atom. The summed E-state index contributed by atoms with van der Waals surface area (Å²) in [6.07, 6.45) is 5.17. The third-order valence-electron chi connectivity index (χ3n) is 4.38. The third-order valence-corrected chi connectivity index (χ3v) is 6.28. The van der Waals surface area contributed by atoms with Gasteiger partial charge in [0.15, 0.2) is 0 Å². The van der Waals surface area contributed by atoms with Crippen molar-refractivity contribution in [3.63, 3.8) is 0 Å². The van der Waals surface area contributed by atoms with Gasteiger partial charge >= 0.3 is 0 Å². The van der Waals surface area contributed by atoms with Crippen LogP contribution in [-0.4, -0.2) is 24.3 Å². The number of sulfonamides is 1. The van der Waals surface area contributed by atoms with Gasteiger partial charge in [0.05, 0.1) is 10.9 Å². The van der Waals surface area contributed by atoms with Crippen LogP contribution in [0.15, 0.2) is 47.6 Å². The fourth-order valence-electron chi connectivity index (χ4n) is 2.96. The molecule has 0 N–H and O–H groups in total. The van der Waals surface area contributed by atoms with Crippen LogP contribution in [0.1, 0.15) is 35.6 Å². The zero-order chi connectivity index (χ0) is 15.7. The number of hydrogen-bond donors (Lipinski definition) is 0. The number of aryl methyl sites for hydroxylation is 2. The highest BCUT2D eigenvalue weighted by Crippen LogP contribution is 2.36. The molecule has 0 bridgehead atoms. The Morgan fingerprint density at radius 1 is 1.09 bits per heavy atom. The summed E-state index contributed by atoms with van der Waals surface area (Å²) in [5, 5.41) is 0. The van der Waals surface area contributed by atoms with E-state index in [0.717, 1.165) is 29.5 Å². The van der Waals surface area contributed by atoms with Crippen molar-refractivity contribution < 1.29 is 8.42 Å². The second-order valence-corrected chi connectivity index (χ2v) is 7.69. The van der Waals surface area contributed by atoms with E-state index in [0.29, 0.717) is 11.4 Å². The topological polar surface area (TPSA) is 50.3 Å². The largest absolute Gasteiger partial charge is 0.265 e. The van der Waals surface area contributed by atoms with E-state index >= 15 is 0 Å². The molecular formula is C17H20N2O2S. The Labute approximate surface area is 131 Å². The molecule has 3 rings (SSSR count). The molecule has 0 aliphatic carbocycles. The molecule has 22 heavy (non-hydrogen) atoms. The van der Waals surface area contributed by atoms with Gasteiger partial charge in [-0.15, -0.1) is 0 Å². The van der Waals surface area contributed by atoms with E-state index in [1.807, 2.05) is 32.0 Å². The van der Waals surface area contributed by atoms with Gasteiger partial charge in [0.2, 0.25) is 10.0 Å². The molecule has 1 atom stereocenters. The monoisotopic (exact) mass is 316 g/mol. The summed E-state index contributed by atoms with van der Waals surface area (Å²) in [6, 6.07) is 9.07. The molecule has 0 amide bonds. The molecule has 0 saturated carbocycles. The molecular weight excluding hydrogens is 296 g/mol. The Bertz CT molecular complexity index is 773. The van der Waals surface area contributed by atoms with Crippen molar-refractivity contribution in [2.24, 2.45) is 0 Å². The lowest BCUT2D eigenvalue weighted by molar-refractivity contribution is 0.396. The highest BCUT2D eigenvalue weighted by molar-refractivity contribution is 7.89. The van der Waals surface area contributed by atoms with Crippen LogP contribution in [0, 0.1) is 13.8 Å². The van der Waals surface area contributed by atoms with Crippen molar-refractivity contribution in [2.45, 2.75) is 37.6 Å². The van der Waals surface area contributed by atoms with E-state index in [1.54, 1.807) is 28.8 Å². The van der Waals surface area contributed by atoms with Gasteiger partial charge in [0, 0.05) is 18.9 Å². The minimum absolute atomic E-state index is 0.0883. The number of pyridine rings is 1. The highest BCUT2D eigenvalue weighted by atomic mass is 32.2. The van der Waals surface area contributed by atoms with Gasteiger partial charge in [0.1, 0.15) is 0 Å². The summed E-state index contributed by atoms with van der Waals surface area (Å²) < 4.78 is 27.6. The average molecular weight is 316 g/mol. The highest BCUT2D eigenvalue weighted by Gasteiger charge is 2.36. The van der Waals surface area contributed by atoms with Gasteiger partial charge in [0.25, 0.3) is 0 Å². The number of hydrogen-bond acceptors (Lipinski definition) is 3. The molecule has 1 aliphatic heterocycles. The van der Waals surface area contributed by atoms with Gasteiger partial charge < -0.3 is 0 Å². The molecule has 1 aliphatic rings. The van der Waals surface area contributed by atoms with Crippen molar-refractivity contribution in [3.8, 4) is 0 Å². The second kappa shape index (κ2) is 5.82. The fourth-order valence-corrected chi connectivity index (χ4v) is 4.72. The van der Waals surface area contributed by atoms with Crippen LogP contribution >= 0.6 is 0 Å². The van der Waals surface area contributed by atoms with Crippen LogP contribution in [0.4, 0.5) is 0 Å². The van der Waals surface area contributed by atoms with Crippen LogP contribution in [-0.2, 0) is 10.0 Å². The lowest BCUT2D eigenvalue weighted by Gasteiger charge is -2.24. The normalized spacial score (nSPS) is 19.5. The Balaban J connectivity index is 1.99. The molecule has 5 heteroatoms. The van der Waals surface area contributed by atoms with Crippen molar-refractivity contribution in [2.75, 3.05) is 6.54 Å². The maximum absolute atomic E-state index is 13.0. The van der Waals surface area contributed by atoms with Gasteiger partial charge in [-0.05, 0) is 67.6 Å². The molecule has 1 fully saturated rings. The minimum Gasteiger partial charge on any atom is -0.265 e. The van der Waals surface area contributed by atoms with E-state index in [1.165, 1.54) is 0 Å². The van der Waals surface area contributed by atoms with Crippen molar-refractivity contribution >= 4 is 10.0 Å². The molecule has 0 spiro atoms. The van der Waals surface area contributed by atoms with Crippen LogP contribution in [0.2, 0.25) is 0 Å². The molecule has 1 saturated heterocycles. The van der Waals surface area contributed by atoms with Crippen LogP contribution in [0.5, 0.6) is 0 Å². The van der Waals surface area contributed by atoms with E-state index in [9.17, 15) is 8.42 Å². The van der Waals surface area contributed by atoms with Crippen molar-refractivity contribution in [1.29, 1.82) is 0 Å². The van der Waals surface area contributed by atoms with E-state index in [4.69, 9.17) is 0 Å². The van der Waals surface area contributed by atoms with Crippen LogP contribution < -0.4 is 0 Å². The molecule has 116 valence electrons. The molecule has 1 aromatic carbocycles. The van der Waals surface area contributed by atoms with Gasteiger partial charge in [-0.2, -0.15) is 4.31 Å². The first-order chi connectivity index (χ1) is 10.5. The number of aromatic nitrogens is 1. The second-order valence-electron chi connectivity index (χ2n) is 5.80. The standard InChI is InChI=1S/C17H20N2O2S/c1-13-5-6-16(12-14(13)2)22(20,21)19-11-3-4-17(19)15-7-9-18-10-8-15/h5-10,12,17H,3-4,11H2,1-2H3. The van der Waals surface area contributed by atoms with E-state index in [2.05, 4.69) is 4.98 Å².